The van der Waals surface area contributed by atoms with Crippen molar-refractivity contribution < 1.29 is 43.1 Å². The number of nitrogens with two attached hydrogens (primary N) is 2. The zero-order valence-corrected chi connectivity index (χ0v) is 38.3. The molecule has 0 bridgehead atoms. The van der Waals surface area contributed by atoms with Crippen LogP contribution >= 0.6 is 21.6 Å². The molecule has 18 nitrogen and oxygen atoms in total. The Kier molecular flexibility index (Phi) is 20.7. The Bertz CT molecular complexity index is 1920. The first-order chi connectivity index (χ1) is 30.6. The average Bonchev–Trinajstić information content (AvgIpc) is 3.26. The maximum atomic E-state index is 14.5. The Morgan fingerprint density at radius 2 is 1.36 bits per heavy atom. The molecule has 1 saturated carbocycles. The Morgan fingerprint density at radius 3 is 1.98 bits per heavy atom. The van der Waals surface area contributed by atoms with Crippen LogP contribution in [0.4, 0.5) is 0 Å². The van der Waals surface area contributed by atoms with Crippen LogP contribution in [-0.4, -0.2) is 114 Å². The molecule has 2 aromatic carbocycles. The van der Waals surface area contributed by atoms with Crippen molar-refractivity contribution in [2.75, 3.05) is 32.0 Å². The third-order valence-corrected chi connectivity index (χ3v) is 14.1. The fraction of sp³-hybridized carbons (Fsp3) is 0.545. The molecule has 2 aromatic rings. The van der Waals surface area contributed by atoms with Crippen LogP contribution in [0.1, 0.15) is 76.8 Å². The van der Waals surface area contributed by atoms with Gasteiger partial charge in [0.05, 0.1) is 19.6 Å². The van der Waals surface area contributed by atoms with Crippen LogP contribution in [-0.2, 0) is 51.2 Å². The highest BCUT2D eigenvalue weighted by molar-refractivity contribution is 8.77. The second kappa shape index (κ2) is 25.8. The topological polar surface area (TPSA) is 282 Å². The molecule has 1 spiro atoms. The monoisotopic (exact) mass is 925 g/mol. The minimum Gasteiger partial charge on any atom is -0.494 e. The first kappa shape index (κ1) is 51.3. The maximum Gasteiger partial charge on any atom is 0.243 e. The molecule has 350 valence electrons. The number of carbonyl (C=O) groups is 8. The highest BCUT2D eigenvalue weighted by Gasteiger charge is 2.39. The minimum atomic E-state index is -1.54. The molecule has 0 aromatic heterocycles. The van der Waals surface area contributed by atoms with Gasteiger partial charge in [-0.2, -0.15) is 0 Å². The van der Waals surface area contributed by atoms with Crippen molar-refractivity contribution >= 4 is 68.8 Å². The van der Waals surface area contributed by atoms with Crippen LogP contribution in [0, 0.1) is 5.92 Å². The van der Waals surface area contributed by atoms with E-state index in [1.165, 1.54) is 21.6 Å². The van der Waals surface area contributed by atoms with E-state index in [2.05, 4.69) is 37.2 Å². The highest BCUT2D eigenvalue weighted by Crippen LogP contribution is 2.48. The van der Waals surface area contributed by atoms with Gasteiger partial charge in [-0.25, -0.2) is 0 Å². The zero-order valence-electron chi connectivity index (χ0n) is 36.7. The number of amides is 8. The SMILES string of the molecule is CCOc1ccc(C[C@H]2NC(=O)CC3(CCCCC3)SSC[C@H](C(=O)NCCNC(=O)CN)NC(=O)[C@@H](CC(N)=O)NC(=O)[C@H](C(C)C)NC(=O)[C@@H](Cc3ccccc3)NC2=O)cc1. The van der Waals surface area contributed by atoms with E-state index < -0.39 is 88.6 Å². The number of primary amides is 1. The lowest BCUT2D eigenvalue weighted by Crippen LogP contribution is -2.61. The van der Waals surface area contributed by atoms with Gasteiger partial charge in [0.1, 0.15) is 36.0 Å². The summed E-state index contributed by atoms with van der Waals surface area (Å²) in [5.41, 5.74) is 12.3. The third-order valence-electron chi connectivity index (χ3n) is 10.8. The molecule has 2 aliphatic rings. The van der Waals surface area contributed by atoms with Crippen molar-refractivity contribution in [3.05, 3.63) is 65.7 Å². The average molecular weight is 926 g/mol. The van der Waals surface area contributed by atoms with E-state index in [0.717, 1.165) is 24.8 Å². The molecule has 64 heavy (non-hydrogen) atoms. The summed E-state index contributed by atoms with van der Waals surface area (Å²) in [7, 11) is 2.71. The molecule has 8 amide bonds. The molecule has 1 heterocycles. The Labute approximate surface area is 382 Å². The molecule has 1 aliphatic heterocycles. The number of nitrogens with one attached hydrogen (secondary N) is 7. The zero-order chi connectivity index (χ0) is 46.6. The van der Waals surface area contributed by atoms with Gasteiger partial charge in [0, 0.05) is 42.9 Å². The molecule has 2 fully saturated rings. The van der Waals surface area contributed by atoms with E-state index in [4.69, 9.17) is 16.2 Å². The Hall–Kier alpha value is -5.34. The summed E-state index contributed by atoms with van der Waals surface area (Å²) >= 11 is 0. The predicted molar refractivity (Wildman–Crippen MR) is 245 cm³/mol. The summed E-state index contributed by atoms with van der Waals surface area (Å²) in [5.74, 6) is -5.25. The summed E-state index contributed by atoms with van der Waals surface area (Å²) in [4.78, 5) is 109. The van der Waals surface area contributed by atoms with E-state index in [1.807, 2.05) is 25.1 Å². The number of benzene rings is 2. The van der Waals surface area contributed by atoms with Crippen molar-refractivity contribution in [3.8, 4) is 5.75 Å². The molecule has 0 radical (unpaired) electrons. The van der Waals surface area contributed by atoms with Crippen molar-refractivity contribution in [2.45, 2.75) is 114 Å². The van der Waals surface area contributed by atoms with E-state index in [1.54, 1.807) is 50.2 Å². The van der Waals surface area contributed by atoms with Crippen LogP contribution < -0.4 is 53.4 Å². The van der Waals surface area contributed by atoms with Crippen LogP contribution in [0.25, 0.3) is 0 Å². The van der Waals surface area contributed by atoms with Gasteiger partial charge in [-0.05, 0) is 48.9 Å². The predicted octanol–water partition coefficient (Wildman–Crippen LogP) is 0.505. The molecule has 0 unspecified atom stereocenters. The summed E-state index contributed by atoms with van der Waals surface area (Å²) < 4.78 is 5.01. The maximum absolute atomic E-state index is 14.5. The summed E-state index contributed by atoms with van der Waals surface area (Å²) in [6.45, 7) is 5.51. The van der Waals surface area contributed by atoms with E-state index in [9.17, 15) is 38.4 Å². The van der Waals surface area contributed by atoms with Gasteiger partial charge in [-0.15, -0.1) is 0 Å². The first-order valence-corrected chi connectivity index (χ1v) is 24.0. The molecular weight excluding hydrogens is 863 g/mol. The number of rotatable bonds is 14. The summed E-state index contributed by atoms with van der Waals surface area (Å²) in [6.07, 6.45) is 3.51. The van der Waals surface area contributed by atoms with Crippen LogP contribution in [0.2, 0.25) is 0 Å². The smallest absolute Gasteiger partial charge is 0.243 e. The van der Waals surface area contributed by atoms with Gasteiger partial charge < -0.3 is 53.4 Å². The first-order valence-electron chi connectivity index (χ1n) is 21.7. The fourth-order valence-corrected chi connectivity index (χ4v) is 10.8. The van der Waals surface area contributed by atoms with Crippen molar-refractivity contribution in [1.29, 1.82) is 0 Å². The van der Waals surface area contributed by atoms with Crippen molar-refractivity contribution in [1.82, 2.24) is 37.2 Å². The van der Waals surface area contributed by atoms with E-state index in [0.29, 0.717) is 30.8 Å². The quantitative estimate of drug-likeness (QED) is 0.0926. The fourth-order valence-electron chi connectivity index (χ4n) is 7.41. The van der Waals surface area contributed by atoms with E-state index >= 15 is 0 Å². The second-order valence-electron chi connectivity index (χ2n) is 16.3. The molecule has 11 N–H and O–H groups in total. The number of hydrogen-bond donors (Lipinski definition) is 9. The number of hydrogen-bond acceptors (Lipinski definition) is 12. The van der Waals surface area contributed by atoms with Crippen LogP contribution in [0.15, 0.2) is 54.6 Å². The number of carbonyl (C=O) groups excluding carboxylic acids is 8. The summed E-state index contributed by atoms with van der Waals surface area (Å²) in [5, 5.41) is 19.1. The van der Waals surface area contributed by atoms with Crippen LogP contribution in [0.3, 0.4) is 0 Å². The largest absolute Gasteiger partial charge is 0.494 e. The molecule has 1 saturated heterocycles. The van der Waals surface area contributed by atoms with Crippen molar-refractivity contribution in [2.24, 2.45) is 17.4 Å². The van der Waals surface area contributed by atoms with Gasteiger partial charge in [-0.1, -0.05) is 97.2 Å². The van der Waals surface area contributed by atoms with E-state index in [-0.39, 0.29) is 50.6 Å². The highest BCUT2D eigenvalue weighted by atomic mass is 33.1. The Morgan fingerprint density at radius 1 is 0.766 bits per heavy atom. The standard InChI is InChI=1S/C44H63N9O9S2/c1-4-62-30-15-13-29(14-16-30)22-31-40(58)50-32(21-28-11-7-5-8-12-28)42(60)53-38(27(2)3)43(61)51-33(23-35(46)54)41(59)52-34(39(57)48-20-19-47-37(56)25-45)26-63-64-44(24-36(55)49-31)17-9-6-10-18-44/h5,7-8,11-16,27,31-34,38H,4,6,9-10,17-26,45H2,1-3H3,(H2,46,54)(H,47,56)(H,48,57)(H,49,55)(H,50,58)(H,51,61)(H,52,59)(H,53,60)/t31-,32-,33-,34-,38+/m1/s1. The van der Waals surface area contributed by atoms with Gasteiger partial charge in [0.15, 0.2) is 0 Å². The molecular formula is C44H63N9O9S2. The Balaban J connectivity index is 1.74. The lowest BCUT2D eigenvalue weighted by Gasteiger charge is -2.36. The normalized spacial score (nSPS) is 22.8. The van der Waals surface area contributed by atoms with Crippen LogP contribution in [0.5, 0.6) is 5.75 Å². The molecule has 20 heteroatoms. The van der Waals surface area contributed by atoms with Crippen molar-refractivity contribution in [3.63, 3.8) is 0 Å². The van der Waals surface area contributed by atoms with Gasteiger partial charge in [0.25, 0.3) is 0 Å². The minimum absolute atomic E-state index is 0.00670. The number of ether oxygens (including phenoxy) is 1. The second-order valence-corrected chi connectivity index (χ2v) is 19.1. The lowest BCUT2D eigenvalue weighted by molar-refractivity contribution is -0.136. The van der Waals surface area contributed by atoms with Gasteiger partial charge >= 0.3 is 0 Å². The molecule has 1 aliphatic carbocycles. The van der Waals surface area contributed by atoms with Gasteiger partial charge in [0.2, 0.25) is 47.3 Å². The lowest BCUT2D eigenvalue weighted by atomic mass is 9.85. The summed E-state index contributed by atoms with van der Waals surface area (Å²) in [6, 6.07) is 9.81. The molecule has 5 atom stereocenters. The molecule has 4 rings (SSSR count). The third kappa shape index (κ3) is 16.7. The van der Waals surface area contributed by atoms with Gasteiger partial charge in [-0.3, -0.25) is 38.4 Å².